The Kier molecular flexibility index (Phi) is 3.97. The molecule has 17 heavy (non-hydrogen) atoms. The molecular weight excluding hydrogens is 228 g/mol. The highest BCUT2D eigenvalue weighted by atomic mass is 32.2. The van der Waals surface area contributed by atoms with Crippen molar-refractivity contribution in [2.75, 3.05) is 16.8 Å². The molecule has 1 aromatic rings. The highest BCUT2D eigenvalue weighted by Crippen LogP contribution is 2.23. The monoisotopic (exact) mass is 250 g/mol. The van der Waals surface area contributed by atoms with Gasteiger partial charge < -0.3 is 5.32 Å². The normalized spacial score (nSPS) is 21.2. The van der Waals surface area contributed by atoms with E-state index in [0.717, 1.165) is 5.82 Å². The van der Waals surface area contributed by atoms with Gasteiger partial charge in [0.25, 0.3) is 0 Å². The number of nitrogens with one attached hydrogen (secondary N) is 1. The highest BCUT2D eigenvalue weighted by Gasteiger charge is 2.16. The number of aromatic nitrogens is 1. The lowest BCUT2D eigenvalue weighted by Crippen LogP contribution is -2.26. The molecular formula is C14H22N2S. The molecule has 3 heteroatoms. The van der Waals surface area contributed by atoms with Crippen molar-refractivity contribution < 1.29 is 0 Å². The van der Waals surface area contributed by atoms with Crippen LogP contribution in [0.25, 0.3) is 0 Å². The van der Waals surface area contributed by atoms with E-state index in [1.54, 1.807) is 0 Å². The Hall–Kier alpha value is -0.700. The molecule has 1 atom stereocenters. The van der Waals surface area contributed by atoms with E-state index in [4.69, 9.17) is 0 Å². The molecule has 0 aromatic carbocycles. The molecule has 1 N–H and O–H groups in total. The van der Waals surface area contributed by atoms with Crippen LogP contribution < -0.4 is 5.32 Å². The average molecular weight is 250 g/mol. The van der Waals surface area contributed by atoms with Gasteiger partial charge in [0.15, 0.2) is 0 Å². The van der Waals surface area contributed by atoms with Crippen LogP contribution in [-0.4, -0.2) is 22.5 Å². The van der Waals surface area contributed by atoms with Crippen molar-refractivity contribution in [3.63, 3.8) is 0 Å². The Balaban J connectivity index is 1.98. The molecule has 0 spiro atoms. The van der Waals surface area contributed by atoms with Crippen LogP contribution in [0.1, 0.15) is 39.2 Å². The molecule has 94 valence electrons. The molecule has 1 aromatic heterocycles. The van der Waals surface area contributed by atoms with Crippen LogP contribution in [0.3, 0.4) is 0 Å². The minimum atomic E-state index is 0.187. The first kappa shape index (κ1) is 12.7. The predicted octanol–water partition coefficient (Wildman–Crippen LogP) is 3.69. The summed E-state index contributed by atoms with van der Waals surface area (Å²) in [6, 6.07) is 4.90. The van der Waals surface area contributed by atoms with Crippen LogP contribution in [0.15, 0.2) is 18.3 Å². The van der Waals surface area contributed by atoms with E-state index < -0.39 is 0 Å². The van der Waals surface area contributed by atoms with Gasteiger partial charge in [0.1, 0.15) is 5.82 Å². The second kappa shape index (κ2) is 5.30. The number of rotatable bonds is 2. The van der Waals surface area contributed by atoms with Crippen LogP contribution in [0.4, 0.5) is 5.82 Å². The first-order valence-corrected chi connectivity index (χ1v) is 7.52. The Morgan fingerprint density at radius 2 is 2.18 bits per heavy atom. The maximum Gasteiger partial charge on any atom is 0.126 e. The Labute approximate surface area is 109 Å². The van der Waals surface area contributed by atoms with Crippen LogP contribution in [0, 0.1) is 0 Å². The molecule has 0 saturated carbocycles. The molecule has 0 bridgehead atoms. The lowest BCUT2D eigenvalue weighted by Gasteiger charge is -2.24. The maximum absolute atomic E-state index is 4.52. The van der Waals surface area contributed by atoms with Gasteiger partial charge in [-0.05, 0) is 35.6 Å². The third-order valence-electron chi connectivity index (χ3n) is 3.14. The Morgan fingerprint density at radius 1 is 1.35 bits per heavy atom. The molecule has 1 unspecified atom stereocenters. The van der Waals surface area contributed by atoms with Gasteiger partial charge in [-0.1, -0.05) is 26.8 Å². The van der Waals surface area contributed by atoms with Crippen molar-refractivity contribution in [1.29, 1.82) is 0 Å². The van der Waals surface area contributed by atoms with E-state index in [1.807, 2.05) is 18.0 Å². The van der Waals surface area contributed by atoms with Crippen LogP contribution in [0.2, 0.25) is 0 Å². The molecule has 0 radical (unpaired) electrons. The van der Waals surface area contributed by atoms with Gasteiger partial charge in [0.2, 0.25) is 0 Å². The van der Waals surface area contributed by atoms with Crippen molar-refractivity contribution >= 4 is 17.6 Å². The number of pyridine rings is 1. The van der Waals surface area contributed by atoms with Gasteiger partial charge in [0, 0.05) is 18.0 Å². The van der Waals surface area contributed by atoms with Gasteiger partial charge in [-0.15, -0.1) is 0 Å². The summed E-state index contributed by atoms with van der Waals surface area (Å²) in [5, 5.41) is 3.53. The zero-order chi connectivity index (χ0) is 12.3. The summed E-state index contributed by atoms with van der Waals surface area (Å²) in [5.41, 5.74) is 1.48. The summed E-state index contributed by atoms with van der Waals surface area (Å²) in [7, 11) is 0. The van der Waals surface area contributed by atoms with E-state index in [1.165, 1.54) is 29.9 Å². The van der Waals surface area contributed by atoms with Gasteiger partial charge >= 0.3 is 0 Å². The van der Waals surface area contributed by atoms with Gasteiger partial charge in [-0.3, -0.25) is 0 Å². The van der Waals surface area contributed by atoms with Crippen molar-refractivity contribution in [2.45, 2.75) is 45.1 Å². The molecule has 2 rings (SSSR count). The maximum atomic E-state index is 4.52. The third-order valence-corrected chi connectivity index (χ3v) is 4.36. The van der Waals surface area contributed by atoms with Gasteiger partial charge in [0.05, 0.1) is 0 Å². The van der Waals surface area contributed by atoms with Crippen molar-refractivity contribution in [2.24, 2.45) is 0 Å². The third kappa shape index (κ3) is 3.63. The second-order valence-electron chi connectivity index (χ2n) is 5.74. The van der Waals surface area contributed by atoms with Crippen LogP contribution >= 0.6 is 11.8 Å². The minimum absolute atomic E-state index is 0.187. The van der Waals surface area contributed by atoms with E-state index >= 15 is 0 Å². The fourth-order valence-electron chi connectivity index (χ4n) is 1.99. The fraction of sp³-hybridized carbons (Fsp3) is 0.643. The number of anilines is 1. The molecule has 2 nitrogen and oxygen atoms in total. The van der Waals surface area contributed by atoms with Crippen LogP contribution in [0.5, 0.6) is 0 Å². The summed E-state index contributed by atoms with van der Waals surface area (Å²) in [6.45, 7) is 6.65. The summed E-state index contributed by atoms with van der Waals surface area (Å²) < 4.78 is 0. The van der Waals surface area contributed by atoms with E-state index in [9.17, 15) is 0 Å². The molecule has 1 aliphatic rings. The summed E-state index contributed by atoms with van der Waals surface area (Å²) in [4.78, 5) is 4.52. The molecule has 0 aliphatic carbocycles. The predicted molar refractivity (Wildman–Crippen MR) is 76.9 cm³/mol. The van der Waals surface area contributed by atoms with Crippen molar-refractivity contribution in [3.8, 4) is 0 Å². The zero-order valence-corrected chi connectivity index (χ0v) is 11.8. The topological polar surface area (TPSA) is 24.9 Å². The Morgan fingerprint density at radius 3 is 2.71 bits per heavy atom. The summed E-state index contributed by atoms with van der Waals surface area (Å²) >= 11 is 2.04. The molecule has 1 fully saturated rings. The molecule has 2 heterocycles. The van der Waals surface area contributed by atoms with Crippen molar-refractivity contribution in [1.82, 2.24) is 4.98 Å². The number of hydrogen-bond donors (Lipinski definition) is 1. The first-order valence-electron chi connectivity index (χ1n) is 6.36. The SMILES string of the molecule is CC(C)(C)c1ccc(NC2CCCSC2)nc1. The smallest absolute Gasteiger partial charge is 0.126 e. The lowest BCUT2D eigenvalue weighted by atomic mass is 9.88. The number of thioether (sulfide) groups is 1. The zero-order valence-electron chi connectivity index (χ0n) is 11.0. The minimum Gasteiger partial charge on any atom is -0.367 e. The molecule has 1 aliphatic heterocycles. The van der Waals surface area contributed by atoms with Crippen molar-refractivity contribution in [3.05, 3.63) is 23.9 Å². The lowest BCUT2D eigenvalue weighted by molar-refractivity contribution is 0.587. The van der Waals surface area contributed by atoms with Gasteiger partial charge in [-0.2, -0.15) is 11.8 Å². The average Bonchev–Trinajstić information content (AvgIpc) is 2.30. The quantitative estimate of drug-likeness (QED) is 0.866. The largest absolute Gasteiger partial charge is 0.367 e. The van der Waals surface area contributed by atoms with Crippen LogP contribution in [-0.2, 0) is 5.41 Å². The second-order valence-corrected chi connectivity index (χ2v) is 6.89. The summed E-state index contributed by atoms with van der Waals surface area (Å²) in [6.07, 6.45) is 4.59. The molecule has 0 amide bonds. The fourth-order valence-corrected chi connectivity index (χ4v) is 3.06. The number of hydrogen-bond acceptors (Lipinski definition) is 3. The summed E-state index contributed by atoms with van der Waals surface area (Å²) in [5.74, 6) is 3.54. The van der Waals surface area contributed by atoms with E-state index in [2.05, 4.69) is 43.2 Å². The van der Waals surface area contributed by atoms with E-state index in [-0.39, 0.29) is 5.41 Å². The first-order chi connectivity index (χ1) is 8.05. The number of nitrogens with zero attached hydrogens (tertiary/aromatic N) is 1. The Bertz CT molecular complexity index is 347. The standard InChI is InChI=1S/C14H22N2S/c1-14(2,3)11-6-7-13(15-9-11)16-12-5-4-8-17-10-12/h6-7,9,12H,4-5,8,10H2,1-3H3,(H,15,16). The van der Waals surface area contributed by atoms with E-state index in [0.29, 0.717) is 6.04 Å². The van der Waals surface area contributed by atoms with Gasteiger partial charge in [-0.25, -0.2) is 4.98 Å². The molecule has 1 saturated heterocycles. The highest BCUT2D eigenvalue weighted by molar-refractivity contribution is 7.99.